The summed E-state index contributed by atoms with van der Waals surface area (Å²) >= 11 is 6.58. The third kappa shape index (κ3) is 4.37. The molecule has 1 heterocycles. The second kappa shape index (κ2) is 8.37. The number of carbonyl (C=O) groups excluding carboxylic acids is 1. The Balaban J connectivity index is 1.91. The van der Waals surface area contributed by atoms with Crippen LogP contribution in [0.15, 0.2) is 59.5 Å². The third-order valence-corrected chi connectivity index (χ3v) is 5.43. The van der Waals surface area contributed by atoms with E-state index in [1.54, 1.807) is 25.3 Å². The van der Waals surface area contributed by atoms with E-state index in [-0.39, 0.29) is 12.3 Å². The number of hydrogen-bond acceptors (Lipinski definition) is 5. The van der Waals surface area contributed by atoms with Crippen LogP contribution in [0.25, 0.3) is 6.08 Å². The summed E-state index contributed by atoms with van der Waals surface area (Å²) in [4.78, 5) is 26.2. The lowest BCUT2D eigenvalue weighted by Gasteiger charge is -2.26. The molecule has 0 unspecified atom stereocenters. The number of nitrogens with zero attached hydrogens (tertiary/aromatic N) is 1. The van der Waals surface area contributed by atoms with Crippen LogP contribution < -0.4 is 4.74 Å². The zero-order valence-corrected chi connectivity index (χ0v) is 16.1. The molecule has 0 aliphatic carbocycles. The van der Waals surface area contributed by atoms with Crippen LogP contribution in [-0.2, 0) is 9.59 Å². The van der Waals surface area contributed by atoms with Gasteiger partial charge in [0, 0.05) is 0 Å². The molecule has 5 nitrogen and oxygen atoms in total. The molecule has 0 aromatic heterocycles. The van der Waals surface area contributed by atoms with Crippen molar-refractivity contribution in [3.05, 3.63) is 70.6 Å². The van der Waals surface area contributed by atoms with Gasteiger partial charge >= 0.3 is 5.97 Å². The predicted octanol–water partition coefficient (Wildman–Crippen LogP) is 4.11. The molecule has 138 valence electrons. The van der Waals surface area contributed by atoms with Gasteiger partial charge in [0.05, 0.1) is 24.5 Å². The molecule has 7 heteroatoms. The number of carboxylic acid groups (broad SMARTS) is 1. The maximum absolute atomic E-state index is 13.0. The zero-order valence-electron chi connectivity index (χ0n) is 14.5. The van der Waals surface area contributed by atoms with E-state index in [1.807, 2.05) is 42.5 Å². The van der Waals surface area contributed by atoms with Gasteiger partial charge < -0.3 is 9.84 Å². The molecule has 1 saturated heterocycles. The van der Waals surface area contributed by atoms with Crippen molar-refractivity contribution in [1.82, 2.24) is 4.90 Å². The zero-order chi connectivity index (χ0) is 19.4. The minimum Gasteiger partial charge on any atom is -0.497 e. The Morgan fingerprint density at radius 2 is 1.89 bits per heavy atom. The smallest absolute Gasteiger partial charge is 0.305 e. The van der Waals surface area contributed by atoms with Gasteiger partial charge in [0.15, 0.2) is 0 Å². The molecule has 1 atom stereocenters. The minimum atomic E-state index is -0.989. The highest BCUT2D eigenvalue weighted by Crippen LogP contribution is 2.39. The molecule has 2 aromatic carbocycles. The van der Waals surface area contributed by atoms with Crippen molar-refractivity contribution in [2.45, 2.75) is 12.5 Å². The second-order valence-corrected chi connectivity index (χ2v) is 7.52. The first kappa shape index (κ1) is 19.1. The van der Waals surface area contributed by atoms with Crippen molar-refractivity contribution in [3.63, 3.8) is 0 Å². The molecule has 27 heavy (non-hydrogen) atoms. The van der Waals surface area contributed by atoms with Gasteiger partial charge in [-0.2, -0.15) is 0 Å². The lowest BCUT2D eigenvalue weighted by atomic mass is 10.0. The second-order valence-electron chi connectivity index (χ2n) is 5.85. The summed E-state index contributed by atoms with van der Waals surface area (Å²) in [5.41, 5.74) is 1.58. The summed E-state index contributed by atoms with van der Waals surface area (Å²) < 4.78 is 5.49. The number of thiocarbonyl (C=S) groups is 1. The summed E-state index contributed by atoms with van der Waals surface area (Å²) in [6.45, 7) is 0. The molecule has 1 fully saturated rings. The monoisotopic (exact) mass is 399 g/mol. The Morgan fingerprint density at radius 1 is 1.22 bits per heavy atom. The van der Waals surface area contributed by atoms with Gasteiger partial charge in [-0.25, -0.2) is 0 Å². The maximum Gasteiger partial charge on any atom is 0.305 e. The number of methoxy groups -OCH3 is 1. The van der Waals surface area contributed by atoms with Crippen LogP contribution in [0.1, 0.15) is 23.6 Å². The van der Waals surface area contributed by atoms with E-state index in [4.69, 9.17) is 17.0 Å². The molecule has 0 saturated carbocycles. The van der Waals surface area contributed by atoms with Gasteiger partial charge in [-0.1, -0.05) is 66.4 Å². The Labute approximate surface area is 166 Å². The Bertz CT molecular complexity index is 894. The molecule has 0 radical (unpaired) electrons. The first-order chi connectivity index (χ1) is 13.0. The predicted molar refractivity (Wildman–Crippen MR) is 109 cm³/mol. The van der Waals surface area contributed by atoms with E-state index in [1.165, 1.54) is 16.7 Å². The molecule has 2 aromatic rings. The Hall–Kier alpha value is -2.64. The fourth-order valence-corrected chi connectivity index (χ4v) is 4.16. The van der Waals surface area contributed by atoms with Crippen LogP contribution in [0.3, 0.4) is 0 Å². The van der Waals surface area contributed by atoms with Gasteiger partial charge in [-0.15, -0.1) is 0 Å². The molecular weight excluding hydrogens is 382 g/mol. The van der Waals surface area contributed by atoms with Gasteiger partial charge in [-0.05, 0) is 29.3 Å². The van der Waals surface area contributed by atoms with E-state index < -0.39 is 12.0 Å². The number of hydrogen-bond donors (Lipinski definition) is 1. The number of ether oxygens (including phenoxy) is 1. The molecule has 0 bridgehead atoms. The quantitative estimate of drug-likeness (QED) is 0.582. The minimum absolute atomic E-state index is 0.216. The molecule has 0 spiro atoms. The van der Waals surface area contributed by atoms with E-state index in [0.29, 0.717) is 9.23 Å². The lowest BCUT2D eigenvalue weighted by molar-refractivity contribution is -0.138. The van der Waals surface area contributed by atoms with Gasteiger partial charge in [0.1, 0.15) is 10.1 Å². The highest BCUT2D eigenvalue weighted by Gasteiger charge is 2.38. The molecule has 1 N–H and O–H groups in total. The van der Waals surface area contributed by atoms with E-state index in [0.717, 1.165) is 16.9 Å². The van der Waals surface area contributed by atoms with E-state index in [2.05, 4.69) is 0 Å². The molecule has 1 amide bonds. The molecular formula is C20H17NO4S2. The topological polar surface area (TPSA) is 66.8 Å². The number of aliphatic carboxylic acids is 1. The van der Waals surface area contributed by atoms with Gasteiger partial charge in [-0.3, -0.25) is 14.5 Å². The number of benzene rings is 2. The number of rotatable bonds is 6. The van der Waals surface area contributed by atoms with Crippen molar-refractivity contribution >= 4 is 46.3 Å². The Morgan fingerprint density at radius 3 is 2.48 bits per heavy atom. The highest BCUT2D eigenvalue weighted by molar-refractivity contribution is 8.26. The van der Waals surface area contributed by atoms with Gasteiger partial charge in [0.25, 0.3) is 5.91 Å². The number of carbonyl (C=O) groups is 2. The number of thioether (sulfide) groups is 1. The van der Waals surface area contributed by atoms with Crippen molar-refractivity contribution in [1.29, 1.82) is 0 Å². The fraction of sp³-hybridized carbons (Fsp3) is 0.150. The van der Waals surface area contributed by atoms with Crippen LogP contribution in [0.2, 0.25) is 0 Å². The van der Waals surface area contributed by atoms with Gasteiger partial charge in [0.2, 0.25) is 0 Å². The van der Waals surface area contributed by atoms with Crippen molar-refractivity contribution in [2.75, 3.05) is 7.11 Å². The first-order valence-corrected chi connectivity index (χ1v) is 9.40. The maximum atomic E-state index is 13.0. The number of amides is 1. The average Bonchev–Trinajstić information content (AvgIpc) is 2.94. The van der Waals surface area contributed by atoms with Crippen molar-refractivity contribution < 1.29 is 19.4 Å². The summed E-state index contributed by atoms with van der Waals surface area (Å²) in [7, 11) is 1.59. The van der Waals surface area contributed by atoms with Crippen molar-refractivity contribution in [2.24, 2.45) is 0 Å². The summed E-state index contributed by atoms with van der Waals surface area (Å²) in [5, 5.41) is 9.31. The van der Waals surface area contributed by atoms with Crippen LogP contribution >= 0.6 is 24.0 Å². The van der Waals surface area contributed by atoms with E-state index >= 15 is 0 Å². The lowest BCUT2D eigenvalue weighted by Crippen LogP contribution is -2.34. The van der Waals surface area contributed by atoms with Crippen LogP contribution in [0, 0.1) is 0 Å². The molecule has 1 aliphatic rings. The average molecular weight is 399 g/mol. The Kier molecular flexibility index (Phi) is 5.93. The first-order valence-electron chi connectivity index (χ1n) is 8.17. The molecule has 1 aliphatic heterocycles. The third-order valence-electron chi connectivity index (χ3n) is 4.10. The summed E-state index contributed by atoms with van der Waals surface area (Å²) in [5.74, 6) is -0.543. The van der Waals surface area contributed by atoms with Crippen LogP contribution in [-0.4, -0.2) is 33.3 Å². The molecule has 3 rings (SSSR count). The summed E-state index contributed by atoms with van der Waals surface area (Å²) in [6, 6.07) is 15.7. The fourth-order valence-electron chi connectivity index (χ4n) is 2.80. The SMILES string of the molecule is COc1ccc(/C=C2\SC(=S)N([C@@H](CC(=O)O)c3ccccc3)C2=O)cc1. The largest absolute Gasteiger partial charge is 0.497 e. The van der Waals surface area contributed by atoms with E-state index in [9.17, 15) is 14.7 Å². The summed E-state index contributed by atoms with van der Waals surface area (Å²) in [6.07, 6.45) is 1.54. The van der Waals surface area contributed by atoms with Crippen LogP contribution in [0.5, 0.6) is 5.75 Å². The van der Waals surface area contributed by atoms with Crippen LogP contribution in [0.4, 0.5) is 0 Å². The van der Waals surface area contributed by atoms with Crippen molar-refractivity contribution in [3.8, 4) is 5.75 Å². The normalized spacial score (nSPS) is 16.6. The highest BCUT2D eigenvalue weighted by atomic mass is 32.2. The number of carboxylic acids is 1. The standard InChI is InChI=1S/C20H17NO4S2/c1-25-15-9-7-13(8-10-15)11-17-19(24)21(20(26)27-17)16(12-18(22)23)14-5-3-2-4-6-14/h2-11,16H,12H2,1H3,(H,22,23)/b17-11-/t16-/m0/s1.